The van der Waals surface area contributed by atoms with E-state index in [0.29, 0.717) is 23.1 Å². The van der Waals surface area contributed by atoms with Crippen molar-refractivity contribution in [1.29, 1.82) is 0 Å². The maximum atomic E-state index is 11.8. The lowest BCUT2D eigenvalue weighted by Gasteiger charge is -2.22. The number of ether oxygens (including phenoxy) is 3. The fraction of sp³-hybridized carbons (Fsp3) is 0.533. The predicted octanol–water partition coefficient (Wildman–Crippen LogP) is 2.75. The van der Waals surface area contributed by atoms with Gasteiger partial charge in [-0.1, -0.05) is 31.9 Å². The summed E-state index contributed by atoms with van der Waals surface area (Å²) in [5, 5.41) is 3.74. The van der Waals surface area contributed by atoms with Crippen molar-refractivity contribution in [2.45, 2.75) is 32.9 Å². The number of fused-ring (bicyclic) bond motifs is 1. The molecule has 0 saturated heterocycles. The summed E-state index contributed by atoms with van der Waals surface area (Å²) < 4.78 is 15.5. The van der Waals surface area contributed by atoms with Crippen LogP contribution in [0, 0.1) is 5.92 Å². The highest BCUT2D eigenvalue weighted by atomic mass is 35.5. The zero-order valence-corrected chi connectivity index (χ0v) is 13.2. The Labute approximate surface area is 129 Å². The van der Waals surface area contributed by atoms with E-state index >= 15 is 0 Å². The zero-order valence-electron chi connectivity index (χ0n) is 12.4. The minimum absolute atomic E-state index is 0.182. The number of hydrogen-bond acceptors (Lipinski definition) is 5. The molecule has 0 aliphatic carbocycles. The van der Waals surface area contributed by atoms with Crippen LogP contribution in [0.5, 0.6) is 11.5 Å². The van der Waals surface area contributed by atoms with Crippen LogP contribution in [0.3, 0.4) is 0 Å². The lowest BCUT2D eigenvalue weighted by molar-refractivity contribution is -0.144. The third-order valence-electron chi connectivity index (χ3n) is 3.68. The van der Waals surface area contributed by atoms with E-state index in [4.69, 9.17) is 25.8 Å². The van der Waals surface area contributed by atoms with Gasteiger partial charge in [0.05, 0.1) is 12.1 Å². The predicted molar refractivity (Wildman–Crippen MR) is 79.7 cm³/mol. The Morgan fingerprint density at radius 2 is 2.24 bits per heavy atom. The molecular weight excluding hydrogens is 294 g/mol. The van der Waals surface area contributed by atoms with E-state index in [-0.39, 0.29) is 24.7 Å². The van der Waals surface area contributed by atoms with Gasteiger partial charge < -0.3 is 19.5 Å². The molecule has 21 heavy (non-hydrogen) atoms. The quantitative estimate of drug-likeness (QED) is 0.818. The van der Waals surface area contributed by atoms with E-state index in [1.807, 2.05) is 26.0 Å². The number of nitrogens with one attached hydrogen (secondary N) is 1. The number of carbonyl (C=O) groups excluding carboxylic acids is 1. The molecule has 1 aliphatic rings. The fourth-order valence-electron chi connectivity index (χ4n) is 2.23. The molecule has 1 aromatic carbocycles. The van der Waals surface area contributed by atoms with Gasteiger partial charge in [0, 0.05) is 6.54 Å². The summed E-state index contributed by atoms with van der Waals surface area (Å²) in [4.78, 5) is 11.8. The first-order chi connectivity index (χ1) is 10.1. The van der Waals surface area contributed by atoms with Crippen LogP contribution in [0.15, 0.2) is 12.1 Å². The molecule has 1 aromatic rings. The maximum absolute atomic E-state index is 11.8. The normalized spacial score (nSPS) is 15.6. The third-order valence-corrected chi connectivity index (χ3v) is 3.96. The summed E-state index contributed by atoms with van der Waals surface area (Å²) in [5.74, 6) is 1.14. The SMILES string of the molecule is CCC(C)C(NCc1cc(Cl)c2c(c1)OCO2)C(=O)OC. The molecule has 0 bridgehead atoms. The van der Waals surface area contributed by atoms with Crippen molar-refractivity contribution < 1.29 is 19.0 Å². The Morgan fingerprint density at radius 1 is 1.48 bits per heavy atom. The fourth-order valence-corrected chi connectivity index (χ4v) is 2.52. The standard InChI is InChI=1S/C15H20ClNO4/c1-4-9(2)13(15(18)19-3)17-7-10-5-11(16)14-12(6-10)20-8-21-14/h5-6,9,13,17H,4,7-8H2,1-3H3. The molecule has 1 N–H and O–H groups in total. The van der Waals surface area contributed by atoms with Crippen molar-refractivity contribution in [2.24, 2.45) is 5.92 Å². The van der Waals surface area contributed by atoms with Crippen LogP contribution < -0.4 is 14.8 Å². The van der Waals surface area contributed by atoms with E-state index in [0.717, 1.165) is 12.0 Å². The molecule has 0 aromatic heterocycles. The van der Waals surface area contributed by atoms with Crippen LogP contribution >= 0.6 is 11.6 Å². The molecular formula is C15H20ClNO4. The van der Waals surface area contributed by atoms with Gasteiger partial charge in [0.15, 0.2) is 11.5 Å². The molecule has 2 rings (SSSR count). The number of carbonyl (C=O) groups is 1. The summed E-state index contributed by atoms with van der Waals surface area (Å²) in [5.41, 5.74) is 0.932. The first-order valence-electron chi connectivity index (χ1n) is 6.96. The minimum atomic E-state index is -0.343. The van der Waals surface area contributed by atoms with Gasteiger partial charge in [0.25, 0.3) is 0 Å². The summed E-state index contributed by atoms with van der Waals surface area (Å²) in [7, 11) is 1.40. The molecule has 0 radical (unpaired) electrons. The van der Waals surface area contributed by atoms with Gasteiger partial charge in [0.2, 0.25) is 6.79 Å². The highest BCUT2D eigenvalue weighted by molar-refractivity contribution is 6.32. The Morgan fingerprint density at radius 3 is 2.90 bits per heavy atom. The highest BCUT2D eigenvalue weighted by Gasteiger charge is 2.25. The molecule has 2 atom stereocenters. The van der Waals surface area contributed by atoms with E-state index in [1.165, 1.54) is 7.11 Å². The topological polar surface area (TPSA) is 56.8 Å². The van der Waals surface area contributed by atoms with Crippen molar-refractivity contribution in [1.82, 2.24) is 5.32 Å². The Balaban J connectivity index is 2.07. The van der Waals surface area contributed by atoms with Crippen molar-refractivity contribution in [3.63, 3.8) is 0 Å². The first-order valence-corrected chi connectivity index (χ1v) is 7.33. The molecule has 0 fully saturated rings. The summed E-state index contributed by atoms with van der Waals surface area (Å²) in [6.07, 6.45) is 0.884. The van der Waals surface area contributed by atoms with Gasteiger partial charge in [0.1, 0.15) is 6.04 Å². The van der Waals surface area contributed by atoms with Gasteiger partial charge in [-0.05, 0) is 23.6 Å². The highest BCUT2D eigenvalue weighted by Crippen LogP contribution is 2.39. The average Bonchev–Trinajstić information content (AvgIpc) is 2.95. The number of esters is 1. The van der Waals surface area contributed by atoms with Crippen LogP contribution in [0.1, 0.15) is 25.8 Å². The Bertz CT molecular complexity index is 521. The number of hydrogen-bond donors (Lipinski definition) is 1. The number of rotatable bonds is 6. The van der Waals surface area contributed by atoms with E-state index in [1.54, 1.807) is 0 Å². The van der Waals surface area contributed by atoms with Gasteiger partial charge in [-0.25, -0.2) is 0 Å². The number of benzene rings is 1. The molecule has 0 spiro atoms. The second kappa shape index (κ2) is 7.00. The zero-order chi connectivity index (χ0) is 15.4. The summed E-state index contributed by atoms with van der Waals surface area (Å²) in [6, 6.07) is 3.34. The number of halogens is 1. The Kier molecular flexibility index (Phi) is 5.31. The van der Waals surface area contributed by atoms with Crippen LogP contribution in [0.2, 0.25) is 5.02 Å². The maximum Gasteiger partial charge on any atom is 0.323 e. The second-order valence-electron chi connectivity index (χ2n) is 5.08. The van der Waals surface area contributed by atoms with Crippen LogP contribution in [-0.4, -0.2) is 25.9 Å². The summed E-state index contributed by atoms with van der Waals surface area (Å²) in [6.45, 7) is 4.74. The molecule has 1 aliphatic heterocycles. The molecule has 0 saturated carbocycles. The molecule has 2 unspecified atom stereocenters. The van der Waals surface area contributed by atoms with Gasteiger partial charge in [-0.2, -0.15) is 0 Å². The number of methoxy groups -OCH3 is 1. The van der Waals surface area contributed by atoms with Crippen molar-refractivity contribution in [2.75, 3.05) is 13.9 Å². The molecule has 5 nitrogen and oxygen atoms in total. The molecule has 116 valence electrons. The molecule has 0 amide bonds. The van der Waals surface area contributed by atoms with Gasteiger partial charge in [-0.3, -0.25) is 4.79 Å². The van der Waals surface area contributed by atoms with E-state index < -0.39 is 0 Å². The lowest BCUT2D eigenvalue weighted by Crippen LogP contribution is -2.42. The summed E-state index contributed by atoms with van der Waals surface area (Å²) >= 11 is 6.15. The molecule has 6 heteroatoms. The average molecular weight is 314 g/mol. The van der Waals surface area contributed by atoms with Crippen molar-refractivity contribution in [3.8, 4) is 11.5 Å². The third kappa shape index (κ3) is 3.60. The van der Waals surface area contributed by atoms with Crippen LogP contribution in [0.25, 0.3) is 0 Å². The monoisotopic (exact) mass is 313 g/mol. The first kappa shape index (κ1) is 15.9. The lowest BCUT2D eigenvalue weighted by atomic mass is 9.99. The second-order valence-corrected chi connectivity index (χ2v) is 5.49. The van der Waals surface area contributed by atoms with Crippen LogP contribution in [0.4, 0.5) is 0 Å². The van der Waals surface area contributed by atoms with E-state index in [2.05, 4.69) is 5.32 Å². The largest absolute Gasteiger partial charge is 0.468 e. The smallest absolute Gasteiger partial charge is 0.323 e. The van der Waals surface area contributed by atoms with Gasteiger partial charge >= 0.3 is 5.97 Å². The van der Waals surface area contributed by atoms with Gasteiger partial charge in [-0.15, -0.1) is 0 Å². The molecule has 1 heterocycles. The van der Waals surface area contributed by atoms with Crippen LogP contribution in [-0.2, 0) is 16.1 Å². The Hall–Kier alpha value is -1.46. The van der Waals surface area contributed by atoms with Crippen molar-refractivity contribution >= 4 is 17.6 Å². The van der Waals surface area contributed by atoms with Crippen molar-refractivity contribution in [3.05, 3.63) is 22.7 Å². The van der Waals surface area contributed by atoms with E-state index in [9.17, 15) is 4.79 Å². The minimum Gasteiger partial charge on any atom is -0.468 e.